The van der Waals surface area contributed by atoms with Gasteiger partial charge in [0.1, 0.15) is 0 Å². The van der Waals surface area contributed by atoms with Gasteiger partial charge in [-0.15, -0.1) is 0 Å². The number of benzene rings is 2. The predicted molar refractivity (Wildman–Crippen MR) is 114 cm³/mol. The molecule has 0 nitrogen and oxygen atoms in total. The summed E-state index contributed by atoms with van der Waals surface area (Å²) in [6, 6.07) is 15.8. The van der Waals surface area contributed by atoms with Crippen molar-refractivity contribution in [2.24, 2.45) is 5.92 Å². The molecule has 1 unspecified atom stereocenters. The second-order valence-corrected chi connectivity index (χ2v) is 9.74. The summed E-state index contributed by atoms with van der Waals surface area (Å²) >= 11 is 0. The lowest BCUT2D eigenvalue weighted by Crippen LogP contribution is -2.40. The first kappa shape index (κ1) is 19.2. The molecule has 0 N–H and O–H groups in total. The molecule has 140 valence electrons. The van der Waals surface area contributed by atoms with E-state index in [4.69, 9.17) is 0 Å². The molecule has 1 atom stereocenters. The summed E-state index contributed by atoms with van der Waals surface area (Å²) in [6.45, 7) is 14.1. The molecule has 0 saturated heterocycles. The number of fused-ring (bicyclic) bond motifs is 2. The largest absolute Gasteiger partial charge is 0.0620 e. The Hall–Kier alpha value is -1.56. The molecular weight excluding hydrogens is 312 g/mol. The summed E-state index contributed by atoms with van der Waals surface area (Å²) in [7, 11) is 0. The summed E-state index contributed by atoms with van der Waals surface area (Å²) in [4.78, 5) is 0. The van der Waals surface area contributed by atoms with Crippen molar-refractivity contribution in [1.29, 1.82) is 0 Å². The van der Waals surface area contributed by atoms with Crippen LogP contribution in [0, 0.1) is 12.8 Å². The monoisotopic (exact) mass is 348 g/mol. The first-order chi connectivity index (χ1) is 12.2. The molecule has 0 bridgehead atoms. The second-order valence-electron chi connectivity index (χ2n) is 9.74. The summed E-state index contributed by atoms with van der Waals surface area (Å²) in [5.41, 5.74) is 8.31. The highest BCUT2D eigenvalue weighted by Gasteiger charge is 2.41. The van der Waals surface area contributed by atoms with Gasteiger partial charge in [-0.3, -0.25) is 0 Å². The van der Waals surface area contributed by atoms with E-state index < -0.39 is 0 Å². The summed E-state index contributed by atoms with van der Waals surface area (Å²) in [5, 5.41) is 0. The fourth-order valence-electron chi connectivity index (χ4n) is 4.85. The van der Waals surface area contributed by atoms with E-state index in [-0.39, 0.29) is 0 Å². The zero-order valence-electron chi connectivity index (χ0n) is 17.7. The average Bonchev–Trinajstić information content (AvgIpc) is 2.61. The molecule has 0 fully saturated rings. The maximum atomic E-state index is 2.40. The van der Waals surface area contributed by atoms with Gasteiger partial charge in [-0.05, 0) is 78.0 Å². The van der Waals surface area contributed by atoms with Gasteiger partial charge in [0.05, 0.1) is 0 Å². The van der Waals surface area contributed by atoms with Crippen molar-refractivity contribution in [3.63, 3.8) is 0 Å². The Kier molecular flexibility index (Phi) is 5.33. The Morgan fingerprint density at radius 1 is 0.808 bits per heavy atom. The topological polar surface area (TPSA) is 0 Å². The van der Waals surface area contributed by atoms with Crippen molar-refractivity contribution in [3.8, 4) is 0 Å². The molecule has 0 heterocycles. The van der Waals surface area contributed by atoms with Gasteiger partial charge in [0, 0.05) is 0 Å². The predicted octanol–water partition coefficient (Wildman–Crippen LogP) is 7.16. The lowest BCUT2D eigenvalue weighted by Gasteiger charge is -2.46. The molecule has 4 rings (SSSR count). The Bertz CT molecular complexity index is 738. The van der Waals surface area contributed by atoms with Crippen LogP contribution in [0.3, 0.4) is 0 Å². The molecule has 0 amide bonds. The lowest BCUT2D eigenvalue weighted by atomic mass is 9.58. The maximum absolute atomic E-state index is 2.40. The van der Waals surface area contributed by atoms with E-state index in [0.29, 0.717) is 10.8 Å². The van der Waals surface area contributed by atoms with Crippen LogP contribution in [-0.4, -0.2) is 0 Å². The van der Waals surface area contributed by atoms with E-state index in [1.54, 1.807) is 22.3 Å². The minimum absolute atomic E-state index is 0.316. The summed E-state index contributed by atoms with van der Waals surface area (Å²) < 4.78 is 0. The first-order valence-corrected chi connectivity index (χ1v) is 10.4. The maximum Gasteiger partial charge on any atom is -0.00746 e. The van der Waals surface area contributed by atoms with Gasteiger partial charge in [0.25, 0.3) is 0 Å². The zero-order chi connectivity index (χ0) is 18.9. The van der Waals surface area contributed by atoms with Crippen LogP contribution in [0.2, 0.25) is 0 Å². The van der Waals surface area contributed by atoms with Crippen molar-refractivity contribution in [2.45, 2.75) is 84.5 Å². The molecule has 0 aromatic heterocycles. The van der Waals surface area contributed by atoms with Crippen LogP contribution in [0.15, 0.2) is 42.5 Å². The molecule has 0 radical (unpaired) electrons. The van der Waals surface area contributed by atoms with E-state index in [2.05, 4.69) is 84.0 Å². The minimum atomic E-state index is 0.316. The summed E-state index contributed by atoms with van der Waals surface area (Å²) in [6.07, 6.45) is 6.66. The molecule has 0 aliphatic heterocycles. The molecule has 0 spiro atoms. The Labute approximate surface area is 161 Å². The highest BCUT2D eigenvalue weighted by Crippen LogP contribution is 2.49. The minimum Gasteiger partial charge on any atom is -0.0620 e. The number of rotatable bonds is 0. The molecule has 0 heteroatoms. The number of aryl methyl sites for hydroxylation is 3. The number of hydrogen-bond donors (Lipinski definition) is 0. The second kappa shape index (κ2) is 7.22. The van der Waals surface area contributed by atoms with Crippen LogP contribution in [0.5, 0.6) is 0 Å². The van der Waals surface area contributed by atoms with Crippen molar-refractivity contribution >= 4 is 0 Å². The smallest absolute Gasteiger partial charge is 0.00746 e. The van der Waals surface area contributed by atoms with E-state index in [1.807, 2.05) is 0 Å². The molecule has 2 aliphatic carbocycles. The van der Waals surface area contributed by atoms with Crippen molar-refractivity contribution in [3.05, 3.63) is 70.3 Å². The van der Waals surface area contributed by atoms with Crippen molar-refractivity contribution in [2.75, 3.05) is 0 Å². The van der Waals surface area contributed by atoms with Gasteiger partial charge in [0.15, 0.2) is 0 Å². The first-order valence-electron chi connectivity index (χ1n) is 10.4. The van der Waals surface area contributed by atoms with Crippen molar-refractivity contribution < 1.29 is 0 Å². The van der Waals surface area contributed by atoms with Crippen LogP contribution in [-0.2, 0) is 23.7 Å². The van der Waals surface area contributed by atoms with Crippen LogP contribution in [0.25, 0.3) is 0 Å². The molecule has 2 aliphatic rings. The standard InChI is InChI=1S/C16H24.C10H12/c1-11-7-8-13-14(9-11)16(5,6)12(2)10-15(13,3)4;1-2-6-10-8-4-3-7-9(10)5-1/h7-9,12H,10H2,1-6H3;1-2,5-6H,3-4,7-8H2. The molecule has 0 saturated carbocycles. The van der Waals surface area contributed by atoms with E-state index in [9.17, 15) is 0 Å². The third kappa shape index (κ3) is 3.75. The molecular formula is C26H36. The molecule has 2 aromatic rings. The third-order valence-electron chi connectivity index (χ3n) is 6.91. The summed E-state index contributed by atoms with van der Waals surface area (Å²) in [5.74, 6) is 0.747. The van der Waals surface area contributed by atoms with Gasteiger partial charge in [0.2, 0.25) is 0 Å². The SMILES string of the molecule is Cc1ccc2c(c1)C(C)(C)C(C)CC2(C)C.c1ccc2c(c1)CCCC2. The van der Waals surface area contributed by atoms with Crippen LogP contribution < -0.4 is 0 Å². The van der Waals surface area contributed by atoms with Gasteiger partial charge in [-0.1, -0.05) is 82.6 Å². The average molecular weight is 349 g/mol. The van der Waals surface area contributed by atoms with Crippen LogP contribution >= 0.6 is 0 Å². The van der Waals surface area contributed by atoms with Gasteiger partial charge in [-0.2, -0.15) is 0 Å². The normalized spacial score (nSPS) is 22.5. The van der Waals surface area contributed by atoms with Crippen LogP contribution in [0.4, 0.5) is 0 Å². The highest BCUT2D eigenvalue weighted by molar-refractivity contribution is 5.43. The van der Waals surface area contributed by atoms with Gasteiger partial charge >= 0.3 is 0 Å². The fraction of sp³-hybridized carbons (Fsp3) is 0.538. The fourth-order valence-corrected chi connectivity index (χ4v) is 4.85. The quantitative estimate of drug-likeness (QED) is 0.474. The highest BCUT2D eigenvalue weighted by atomic mass is 14.5. The molecule has 2 aromatic carbocycles. The lowest BCUT2D eigenvalue weighted by molar-refractivity contribution is 0.233. The van der Waals surface area contributed by atoms with Gasteiger partial charge in [-0.25, -0.2) is 0 Å². The van der Waals surface area contributed by atoms with Crippen LogP contribution in [0.1, 0.15) is 81.7 Å². The zero-order valence-corrected chi connectivity index (χ0v) is 17.7. The van der Waals surface area contributed by atoms with E-state index in [0.717, 1.165) is 5.92 Å². The van der Waals surface area contributed by atoms with E-state index in [1.165, 1.54) is 37.7 Å². The van der Waals surface area contributed by atoms with Gasteiger partial charge < -0.3 is 0 Å². The Morgan fingerprint density at radius 3 is 1.96 bits per heavy atom. The third-order valence-corrected chi connectivity index (χ3v) is 6.91. The van der Waals surface area contributed by atoms with Crippen molar-refractivity contribution in [1.82, 2.24) is 0 Å². The Morgan fingerprint density at radius 2 is 1.38 bits per heavy atom. The van der Waals surface area contributed by atoms with E-state index >= 15 is 0 Å². The molecule has 26 heavy (non-hydrogen) atoms. The Balaban J connectivity index is 0.000000167. The number of hydrogen-bond acceptors (Lipinski definition) is 0.